The topological polar surface area (TPSA) is 50.3 Å². The number of hydrogen-bond donors (Lipinski definition) is 0. The summed E-state index contributed by atoms with van der Waals surface area (Å²) in [5, 5.41) is 0.893. The third kappa shape index (κ3) is 2.90. The first-order valence-corrected chi connectivity index (χ1v) is 9.06. The number of thioether (sulfide) groups is 1. The molecule has 1 atom stereocenters. The standard InChI is InChI=1S/C16H18N2O2S2/c1-9-4-5-10(2)15-14(9)17-16(22-15)18-7-12(6-13(18)20)8-21-11(3)19/h4-5,12H,6-8H2,1-3H3. The minimum Gasteiger partial charge on any atom is -0.288 e. The maximum absolute atomic E-state index is 12.3. The predicted octanol–water partition coefficient (Wildman–Crippen LogP) is 3.55. The molecule has 1 amide bonds. The molecule has 0 spiro atoms. The van der Waals surface area contributed by atoms with Gasteiger partial charge in [0.2, 0.25) is 5.91 Å². The Morgan fingerprint density at radius 3 is 2.82 bits per heavy atom. The molecule has 1 aromatic carbocycles. The van der Waals surface area contributed by atoms with Crippen LogP contribution in [-0.4, -0.2) is 28.3 Å². The van der Waals surface area contributed by atoms with Crippen LogP contribution in [0.2, 0.25) is 0 Å². The lowest BCUT2D eigenvalue weighted by molar-refractivity contribution is -0.117. The van der Waals surface area contributed by atoms with Crippen LogP contribution in [0.25, 0.3) is 10.2 Å². The molecule has 1 aliphatic heterocycles. The van der Waals surface area contributed by atoms with Gasteiger partial charge in [0.1, 0.15) is 0 Å². The molecule has 1 fully saturated rings. The van der Waals surface area contributed by atoms with Gasteiger partial charge in [0, 0.05) is 25.6 Å². The smallest absolute Gasteiger partial charge is 0.229 e. The zero-order chi connectivity index (χ0) is 15.9. The lowest BCUT2D eigenvalue weighted by Gasteiger charge is -2.12. The SMILES string of the molecule is CC(=O)SCC1CC(=O)N(c2nc3c(C)ccc(C)c3s2)C1. The molecule has 1 unspecified atom stereocenters. The number of benzene rings is 1. The normalized spacial score (nSPS) is 18.4. The average Bonchev–Trinajstić information content (AvgIpc) is 3.05. The van der Waals surface area contributed by atoms with Crippen LogP contribution in [0.15, 0.2) is 12.1 Å². The number of carbonyl (C=O) groups is 2. The van der Waals surface area contributed by atoms with Crippen LogP contribution in [0.4, 0.5) is 5.13 Å². The van der Waals surface area contributed by atoms with Crippen molar-refractivity contribution in [2.45, 2.75) is 27.2 Å². The van der Waals surface area contributed by atoms with Gasteiger partial charge in [-0.1, -0.05) is 35.2 Å². The van der Waals surface area contributed by atoms with Crippen LogP contribution in [-0.2, 0) is 9.59 Å². The first-order valence-electron chi connectivity index (χ1n) is 7.26. The van der Waals surface area contributed by atoms with Crippen LogP contribution in [0, 0.1) is 19.8 Å². The highest BCUT2D eigenvalue weighted by atomic mass is 32.2. The van der Waals surface area contributed by atoms with Crippen molar-refractivity contribution < 1.29 is 9.59 Å². The molecule has 0 radical (unpaired) electrons. The van der Waals surface area contributed by atoms with Gasteiger partial charge < -0.3 is 0 Å². The van der Waals surface area contributed by atoms with E-state index in [4.69, 9.17) is 0 Å². The van der Waals surface area contributed by atoms with Gasteiger partial charge in [-0.25, -0.2) is 4.98 Å². The quantitative estimate of drug-likeness (QED) is 0.861. The molecule has 116 valence electrons. The summed E-state index contributed by atoms with van der Waals surface area (Å²) in [6.07, 6.45) is 0.508. The number of hydrogen-bond acceptors (Lipinski definition) is 5. The van der Waals surface area contributed by atoms with Crippen LogP contribution < -0.4 is 4.90 Å². The summed E-state index contributed by atoms with van der Waals surface area (Å²) in [6.45, 7) is 6.35. The van der Waals surface area contributed by atoms with Crippen molar-refractivity contribution in [3.63, 3.8) is 0 Å². The number of carbonyl (C=O) groups excluding carboxylic acids is 2. The summed E-state index contributed by atoms with van der Waals surface area (Å²) in [5.41, 5.74) is 3.33. The van der Waals surface area contributed by atoms with Crippen LogP contribution in [0.1, 0.15) is 24.5 Å². The Morgan fingerprint density at radius 2 is 2.14 bits per heavy atom. The third-order valence-electron chi connectivity index (χ3n) is 3.89. The minimum absolute atomic E-state index is 0.108. The molecule has 0 N–H and O–H groups in total. The predicted molar refractivity (Wildman–Crippen MR) is 92.7 cm³/mol. The average molecular weight is 334 g/mol. The van der Waals surface area contributed by atoms with E-state index in [9.17, 15) is 9.59 Å². The Balaban J connectivity index is 1.85. The molecule has 0 bridgehead atoms. The number of amides is 1. The molecule has 6 heteroatoms. The van der Waals surface area contributed by atoms with Gasteiger partial charge in [-0.05, 0) is 30.9 Å². The van der Waals surface area contributed by atoms with E-state index in [1.807, 2.05) is 6.92 Å². The lowest BCUT2D eigenvalue weighted by Crippen LogP contribution is -2.24. The second-order valence-corrected chi connectivity index (χ2v) is 7.93. The molecule has 2 aromatic rings. The molecule has 22 heavy (non-hydrogen) atoms. The van der Waals surface area contributed by atoms with Gasteiger partial charge in [0.25, 0.3) is 0 Å². The highest BCUT2D eigenvalue weighted by molar-refractivity contribution is 8.13. The third-order valence-corrected chi connectivity index (χ3v) is 6.15. The Morgan fingerprint density at radius 1 is 1.41 bits per heavy atom. The molecule has 1 aromatic heterocycles. The summed E-state index contributed by atoms with van der Waals surface area (Å²) in [6, 6.07) is 4.16. The Hall–Kier alpha value is -1.40. The Kier molecular flexibility index (Phi) is 4.23. The van der Waals surface area contributed by atoms with E-state index in [-0.39, 0.29) is 16.9 Å². The second-order valence-electron chi connectivity index (χ2n) is 5.75. The van der Waals surface area contributed by atoms with Crippen molar-refractivity contribution in [2.24, 2.45) is 5.92 Å². The number of aromatic nitrogens is 1. The van der Waals surface area contributed by atoms with Gasteiger partial charge in [0.05, 0.1) is 10.2 Å². The van der Waals surface area contributed by atoms with Crippen molar-refractivity contribution in [3.05, 3.63) is 23.3 Å². The van der Waals surface area contributed by atoms with Gasteiger partial charge >= 0.3 is 0 Å². The first-order chi connectivity index (χ1) is 10.5. The van der Waals surface area contributed by atoms with Crippen molar-refractivity contribution in [3.8, 4) is 0 Å². The summed E-state index contributed by atoms with van der Waals surface area (Å²) >= 11 is 2.89. The summed E-state index contributed by atoms with van der Waals surface area (Å²) < 4.78 is 1.16. The van der Waals surface area contributed by atoms with Gasteiger partial charge in [-0.15, -0.1) is 0 Å². The largest absolute Gasteiger partial charge is 0.288 e. The molecule has 1 aliphatic rings. The zero-order valence-electron chi connectivity index (χ0n) is 12.9. The van der Waals surface area contributed by atoms with E-state index in [0.717, 1.165) is 20.9 Å². The van der Waals surface area contributed by atoms with Crippen molar-refractivity contribution in [2.75, 3.05) is 17.2 Å². The Labute approximate surface area is 137 Å². The fourth-order valence-electron chi connectivity index (χ4n) is 2.68. The molecule has 3 rings (SSSR count). The fourth-order valence-corrected chi connectivity index (χ4v) is 4.51. The van der Waals surface area contributed by atoms with E-state index in [2.05, 4.69) is 24.0 Å². The lowest BCUT2D eigenvalue weighted by atomic mass is 10.1. The monoisotopic (exact) mass is 334 g/mol. The molecular weight excluding hydrogens is 316 g/mol. The molecule has 1 saturated heterocycles. The van der Waals surface area contributed by atoms with E-state index in [1.54, 1.807) is 23.2 Å². The number of anilines is 1. The first kappa shape index (κ1) is 15.5. The van der Waals surface area contributed by atoms with E-state index >= 15 is 0 Å². The van der Waals surface area contributed by atoms with E-state index in [1.165, 1.54) is 17.3 Å². The maximum atomic E-state index is 12.3. The summed E-state index contributed by atoms with van der Waals surface area (Å²) in [5.74, 6) is 1.06. The minimum atomic E-state index is 0.108. The molecule has 2 heterocycles. The van der Waals surface area contributed by atoms with E-state index < -0.39 is 0 Å². The molecule has 0 aliphatic carbocycles. The number of nitrogens with zero attached hydrogens (tertiary/aromatic N) is 2. The number of aryl methyl sites for hydroxylation is 2. The van der Waals surface area contributed by atoms with E-state index in [0.29, 0.717) is 18.7 Å². The maximum Gasteiger partial charge on any atom is 0.229 e. The van der Waals surface area contributed by atoms with Crippen LogP contribution >= 0.6 is 23.1 Å². The van der Waals surface area contributed by atoms with Crippen LogP contribution in [0.5, 0.6) is 0 Å². The van der Waals surface area contributed by atoms with Crippen molar-refractivity contribution in [1.82, 2.24) is 4.98 Å². The molecular formula is C16H18N2O2S2. The van der Waals surface area contributed by atoms with Crippen molar-refractivity contribution in [1.29, 1.82) is 0 Å². The molecule has 0 saturated carbocycles. The highest BCUT2D eigenvalue weighted by Gasteiger charge is 2.32. The second kappa shape index (κ2) is 6.01. The van der Waals surface area contributed by atoms with Crippen LogP contribution in [0.3, 0.4) is 0 Å². The Bertz CT molecular complexity index is 715. The number of rotatable bonds is 3. The van der Waals surface area contributed by atoms with Gasteiger partial charge in [-0.2, -0.15) is 0 Å². The highest BCUT2D eigenvalue weighted by Crippen LogP contribution is 2.36. The van der Waals surface area contributed by atoms with Gasteiger partial charge in [-0.3, -0.25) is 14.5 Å². The van der Waals surface area contributed by atoms with Crippen molar-refractivity contribution >= 4 is 49.5 Å². The zero-order valence-corrected chi connectivity index (χ0v) is 14.5. The number of thiazole rings is 1. The summed E-state index contributed by atoms with van der Waals surface area (Å²) in [7, 11) is 0. The summed E-state index contributed by atoms with van der Waals surface area (Å²) in [4.78, 5) is 29.8. The fraction of sp³-hybridized carbons (Fsp3) is 0.438. The number of fused-ring (bicyclic) bond motifs is 1. The molecule has 4 nitrogen and oxygen atoms in total. The van der Waals surface area contributed by atoms with Gasteiger partial charge in [0.15, 0.2) is 10.2 Å².